The van der Waals surface area contributed by atoms with Gasteiger partial charge in [-0.2, -0.15) is 0 Å². The van der Waals surface area contributed by atoms with Crippen LogP contribution in [-0.2, 0) is 6.54 Å². The van der Waals surface area contributed by atoms with E-state index in [1.165, 1.54) is 12.1 Å². The second-order valence-corrected chi connectivity index (χ2v) is 3.85. The van der Waals surface area contributed by atoms with Gasteiger partial charge in [0.1, 0.15) is 11.6 Å². The summed E-state index contributed by atoms with van der Waals surface area (Å²) in [5.41, 5.74) is 0.870. The molecule has 0 saturated heterocycles. The molecule has 2 nitrogen and oxygen atoms in total. The minimum Gasteiger partial charge on any atom is -0.496 e. The maximum Gasteiger partial charge on any atom is 0.123 e. The van der Waals surface area contributed by atoms with Crippen LogP contribution in [0.15, 0.2) is 18.2 Å². The molecule has 1 N–H and O–H groups in total. The molecule has 0 radical (unpaired) electrons. The minimum absolute atomic E-state index is 0.220. The summed E-state index contributed by atoms with van der Waals surface area (Å²) in [6.45, 7) is 4.93. The molecule has 0 heterocycles. The van der Waals surface area contributed by atoms with Crippen molar-refractivity contribution in [3.63, 3.8) is 0 Å². The van der Waals surface area contributed by atoms with Crippen LogP contribution >= 0.6 is 0 Å². The predicted molar refractivity (Wildman–Crippen MR) is 64.2 cm³/mol. The normalized spacial score (nSPS) is 10.8. The van der Waals surface area contributed by atoms with Gasteiger partial charge >= 0.3 is 0 Å². The molecule has 90 valence electrons. The lowest BCUT2D eigenvalue weighted by Gasteiger charge is -2.16. The number of hydrogen-bond donors (Lipinski definition) is 1. The molecule has 0 amide bonds. The summed E-state index contributed by atoms with van der Waals surface area (Å²) in [5, 5.41) is 3.39. The fourth-order valence-electron chi connectivity index (χ4n) is 1.72. The van der Waals surface area contributed by atoms with Gasteiger partial charge in [0, 0.05) is 18.2 Å². The van der Waals surface area contributed by atoms with Gasteiger partial charge in [-0.1, -0.05) is 13.8 Å². The summed E-state index contributed by atoms with van der Waals surface area (Å²) in [6.07, 6.45) is 2.16. The van der Waals surface area contributed by atoms with E-state index in [1.54, 1.807) is 13.2 Å². The average Bonchev–Trinajstić information content (AvgIpc) is 2.30. The number of nitrogens with one attached hydrogen (secondary N) is 1. The summed E-state index contributed by atoms with van der Waals surface area (Å²) in [4.78, 5) is 0. The lowest BCUT2D eigenvalue weighted by Crippen LogP contribution is -2.27. The first-order chi connectivity index (χ1) is 7.71. The van der Waals surface area contributed by atoms with Crippen molar-refractivity contribution in [2.75, 3.05) is 7.11 Å². The molecule has 0 unspecified atom stereocenters. The first kappa shape index (κ1) is 13.0. The van der Waals surface area contributed by atoms with Crippen LogP contribution in [0.4, 0.5) is 4.39 Å². The van der Waals surface area contributed by atoms with Crippen LogP contribution < -0.4 is 10.1 Å². The standard InChI is InChI=1S/C13H20FNO/c1-4-12(5-2)15-9-10-8-11(14)6-7-13(10)16-3/h6-8,12,15H,4-5,9H2,1-3H3. The summed E-state index contributed by atoms with van der Waals surface area (Å²) >= 11 is 0. The zero-order chi connectivity index (χ0) is 12.0. The number of rotatable bonds is 6. The highest BCUT2D eigenvalue weighted by Crippen LogP contribution is 2.19. The number of hydrogen-bond acceptors (Lipinski definition) is 2. The Labute approximate surface area is 96.8 Å². The van der Waals surface area contributed by atoms with Crippen molar-refractivity contribution in [1.29, 1.82) is 0 Å². The van der Waals surface area contributed by atoms with Gasteiger partial charge in [-0.25, -0.2) is 4.39 Å². The van der Waals surface area contributed by atoms with E-state index in [0.717, 1.165) is 24.2 Å². The molecule has 0 atom stereocenters. The first-order valence-electron chi connectivity index (χ1n) is 5.77. The first-order valence-corrected chi connectivity index (χ1v) is 5.77. The number of ether oxygens (including phenoxy) is 1. The zero-order valence-corrected chi connectivity index (χ0v) is 10.2. The monoisotopic (exact) mass is 225 g/mol. The molecule has 0 fully saturated rings. The van der Waals surface area contributed by atoms with Crippen molar-refractivity contribution in [2.24, 2.45) is 0 Å². The Morgan fingerprint density at radius 2 is 2.00 bits per heavy atom. The van der Waals surface area contributed by atoms with Crippen LogP contribution in [-0.4, -0.2) is 13.2 Å². The fourth-order valence-corrected chi connectivity index (χ4v) is 1.72. The average molecular weight is 225 g/mol. The second-order valence-electron chi connectivity index (χ2n) is 3.85. The van der Waals surface area contributed by atoms with Crippen molar-refractivity contribution < 1.29 is 9.13 Å². The largest absolute Gasteiger partial charge is 0.496 e. The molecular formula is C13H20FNO. The molecule has 1 aromatic carbocycles. The Hall–Kier alpha value is -1.09. The third kappa shape index (κ3) is 3.49. The molecular weight excluding hydrogens is 205 g/mol. The molecule has 0 saturated carbocycles. The third-order valence-electron chi connectivity index (χ3n) is 2.81. The van der Waals surface area contributed by atoms with Gasteiger partial charge < -0.3 is 10.1 Å². The van der Waals surface area contributed by atoms with E-state index in [1.807, 2.05) is 0 Å². The molecule has 1 aromatic rings. The van der Waals surface area contributed by atoms with E-state index in [2.05, 4.69) is 19.2 Å². The van der Waals surface area contributed by atoms with Crippen LogP contribution in [0.5, 0.6) is 5.75 Å². The number of methoxy groups -OCH3 is 1. The topological polar surface area (TPSA) is 21.3 Å². The maximum atomic E-state index is 13.1. The molecule has 0 spiro atoms. The van der Waals surface area contributed by atoms with Gasteiger partial charge in [0.15, 0.2) is 0 Å². The summed E-state index contributed by atoms with van der Waals surface area (Å²) in [7, 11) is 1.61. The maximum absolute atomic E-state index is 13.1. The second kappa shape index (κ2) is 6.48. The molecule has 16 heavy (non-hydrogen) atoms. The van der Waals surface area contributed by atoms with Crippen LogP contribution in [0.2, 0.25) is 0 Å². The van der Waals surface area contributed by atoms with Crippen LogP contribution in [0, 0.1) is 5.82 Å². The lowest BCUT2D eigenvalue weighted by atomic mass is 10.1. The van der Waals surface area contributed by atoms with E-state index in [-0.39, 0.29) is 5.82 Å². The Morgan fingerprint density at radius 1 is 1.31 bits per heavy atom. The molecule has 0 aliphatic rings. The fraction of sp³-hybridized carbons (Fsp3) is 0.538. The zero-order valence-electron chi connectivity index (χ0n) is 10.2. The van der Waals surface area contributed by atoms with Crippen molar-refractivity contribution in [3.8, 4) is 5.75 Å². The van der Waals surface area contributed by atoms with Crippen LogP contribution in [0.3, 0.4) is 0 Å². The summed E-state index contributed by atoms with van der Waals surface area (Å²) in [6, 6.07) is 5.08. The lowest BCUT2D eigenvalue weighted by molar-refractivity contribution is 0.401. The van der Waals surface area contributed by atoms with Gasteiger partial charge in [0.2, 0.25) is 0 Å². The van der Waals surface area contributed by atoms with Crippen molar-refractivity contribution in [1.82, 2.24) is 5.32 Å². The Balaban J connectivity index is 2.68. The van der Waals surface area contributed by atoms with Crippen molar-refractivity contribution in [3.05, 3.63) is 29.6 Å². The van der Waals surface area contributed by atoms with E-state index in [0.29, 0.717) is 12.6 Å². The highest BCUT2D eigenvalue weighted by Gasteiger charge is 2.07. The summed E-state index contributed by atoms with van der Waals surface area (Å²) in [5.74, 6) is 0.516. The highest BCUT2D eigenvalue weighted by atomic mass is 19.1. The van der Waals surface area contributed by atoms with Crippen molar-refractivity contribution in [2.45, 2.75) is 39.3 Å². The van der Waals surface area contributed by atoms with Gasteiger partial charge in [0.25, 0.3) is 0 Å². The Kier molecular flexibility index (Phi) is 5.26. The highest BCUT2D eigenvalue weighted by molar-refractivity contribution is 5.33. The summed E-state index contributed by atoms with van der Waals surface area (Å²) < 4.78 is 18.3. The number of benzene rings is 1. The van der Waals surface area contributed by atoms with E-state index >= 15 is 0 Å². The molecule has 1 rings (SSSR count). The Morgan fingerprint density at radius 3 is 2.56 bits per heavy atom. The van der Waals surface area contributed by atoms with E-state index in [4.69, 9.17) is 4.74 Å². The molecule has 0 aromatic heterocycles. The van der Waals surface area contributed by atoms with Gasteiger partial charge in [-0.15, -0.1) is 0 Å². The van der Waals surface area contributed by atoms with Crippen LogP contribution in [0.25, 0.3) is 0 Å². The quantitative estimate of drug-likeness (QED) is 0.803. The number of halogens is 1. The van der Waals surface area contributed by atoms with E-state index < -0.39 is 0 Å². The molecule has 0 aliphatic heterocycles. The SMILES string of the molecule is CCC(CC)NCc1cc(F)ccc1OC. The molecule has 0 bridgehead atoms. The smallest absolute Gasteiger partial charge is 0.123 e. The van der Waals surface area contributed by atoms with Gasteiger partial charge in [0.05, 0.1) is 7.11 Å². The molecule has 3 heteroatoms. The predicted octanol–water partition coefficient (Wildman–Crippen LogP) is 3.11. The third-order valence-corrected chi connectivity index (χ3v) is 2.81. The van der Waals surface area contributed by atoms with Crippen LogP contribution in [0.1, 0.15) is 32.3 Å². The minimum atomic E-state index is -0.220. The molecule has 0 aliphatic carbocycles. The van der Waals surface area contributed by atoms with E-state index in [9.17, 15) is 4.39 Å². The van der Waals surface area contributed by atoms with Crippen molar-refractivity contribution >= 4 is 0 Å². The van der Waals surface area contributed by atoms with Gasteiger partial charge in [-0.05, 0) is 31.0 Å². The Bertz CT molecular complexity index is 324. The van der Waals surface area contributed by atoms with Gasteiger partial charge in [-0.3, -0.25) is 0 Å².